The van der Waals surface area contributed by atoms with Gasteiger partial charge in [0, 0.05) is 17.1 Å². The Kier molecular flexibility index (Phi) is 2.47. The number of para-hydroxylation sites is 1. The van der Waals surface area contributed by atoms with Crippen molar-refractivity contribution in [3.05, 3.63) is 45.6 Å². The van der Waals surface area contributed by atoms with Crippen LogP contribution in [0.5, 0.6) is 0 Å². The van der Waals surface area contributed by atoms with Crippen LogP contribution >= 0.6 is 0 Å². The third kappa shape index (κ3) is 1.80. The van der Waals surface area contributed by atoms with Crippen LogP contribution in [-0.2, 0) is 0 Å². The second kappa shape index (κ2) is 3.82. The van der Waals surface area contributed by atoms with Crippen molar-refractivity contribution in [1.82, 2.24) is 4.98 Å². The fourth-order valence-electron chi connectivity index (χ4n) is 1.69. The first-order valence-electron chi connectivity index (χ1n) is 4.79. The predicted octanol–water partition coefficient (Wildman–Crippen LogP) is 2.15. The lowest BCUT2D eigenvalue weighted by Crippen LogP contribution is -2.01. The summed E-state index contributed by atoms with van der Waals surface area (Å²) in [5.41, 5.74) is 0.379. The highest BCUT2D eigenvalue weighted by Gasteiger charge is 2.18. The zero-order valence-corrected chi connectivity index (χ0v) is 8.88. The van der Waals surface area contributed by atoms with Crippen molar-refractivity contribution < 1.29 is 14.8 Å². The van der Waals surface area contributed by atoms with Crippen LogP contribution in [0.2, 0.25) is 0 Å². The van der Waals surface area contributed by atoms with Crippen molar-refractivity contribution in [1.29, 1.82) is 0 Å². The summed E-state index contributed by atoms with van der Waals surface area (Å²) in [5, 5.41) is 20.1. The van der Waals surface area contributed by atoms with Crippen molar-refractivity contribution in [2.75, 3.05) is 0 Å². The molecule has 0 saturated carbocycles. The number of non-ortho nitro benzene ring substituents is 1. The summed E-state index contributed by atoms with van der Waals surface area (Å²) >= 11 is 0. The maximum atomic E-state index is 11.1. The number of nitrogens with zero attached hydrogens (tertiary/aromatic N) is 2. The molecule has 2 rings (SSSR count). The molecule has 0 saturated heterocycles. The molecule has 0 fully saturated rings. The first kappa shape index (κ1) is 11.0. The van der Waals surface area contributed by atoms with Gasteiger partial charge in [0.25, 0.3) is 5.69 Å². The molecule has 2 aromatic rings. The Morgan fingerprint density at radius 1 is 1.47 bits per heavy atom. The molecule has 6 nitrogen and oxygen atoms in total. The van der Waals surface area contributed by atoms with Gasteiger partial charge in [0.05, 0.1) is 10.5 Å². The van der Waals surface area contributed by atoms with E-state index in [9.17, 15) is 14.9 Å². The van der Waals surface area contributed by atoms with Crippen molar-refractivity contribution >= 4 is 22.6 Å². The summed E-state index contributed by atoms with van der Waals surface area (Å²) < 4.78 is 0. The number of benzene rings is 1. The number of aromatic carboxylic acids is 1. The minimum absolute atomic E-state index is 0.0243. The van der Waals surface area contributed by atoms with E-state index < -0.39 is 10.9 Å². The van der Waals surface area contributed by atoms with Gasteiger partial charge in [-0.15, -0.1) is 0 Å². The van der Waals surface area contributed by atoms with Crippen molar-refractivity contribution in [2.24, 2.45) is 0 Å². The fourth-order valence-corrected chi connectivity index (χ4v) is 1.69. The molecular weight excluding hydrogens is 224 g/mol. The molecule has 1 aromatic carbocycles. The normalized spacial score (nSPS) is 10.4. The molecular formula is C11H8N2O4. The summed E-state index contributed by atoms with van der Waals surface area (Å²) in [5.74, 6) is -1.12. The summed E-state index contributed by atoms with van der Waals surface area (Å²) in [6, 6.07) is 5.66. The highest BCUT2D eigenvalue weighted by Crippen LogP contribution is 2.26. The van der Waals surface area contributed by atoms with Gasteiger partial charge in [-0.05, 0) is 13.0 Å². The number of nitro benzene ring substituents is 1. The van der Waals surface area contributed by atoms with E-state index in [-0.39, 0.29) is 22.2 Å². The number of hydrogen-bond donors (Lipinski definition) is 1. The molecule has 0 unspecified atom stereocenters. The number of hydrogen-bond acceptors (Lipinski definition) is 4. The number of carboxylic acids is 1. The van der Waals surface area contributed by atoms with E-state index in [1.54, 1.807) is 6.92 Å². The number of pyridine rings is 1. The molecule has 0 atom stereocenters. The van der Waals surface area contributed by atoms with Crippen LogP contribution in [0.1, 0.15) is 16.1 Å². The molecule has 1 aromatic heterocycles. The number of rotatable bonds is 2. The Morgan fingerprint density at radius 3 is 2.76 bits per heavy atom. The summed E-state index contributed by atoms with van der Waals surface area (Å²) in [4.78, 5) is 25.3. The first-order chi connectivity index (χ1) is 8.00. The average Bonchev–Trinajstić information content (AvgIpc) is 2.26. The molecule has 1 N–H and O–H groups in total. The maximum Gasteiger partial charge on any atom is 0.336 e. The second-order valence-corrected chi connectivity index (χ2v) is 3.55. The fraction of sp³-hybridized carbons (Fsp3) is 0.0909. The summed E-state index contributed by atoms with van der Waals surface area (Å²) in [7, 11) is 0. The van der Waals surface area contributed by atoms with Crippen molar-refractivity contribution in [3.8, 4) is 0 Å². The summed E-state index contributed by atoms with van der Waals surface area (Å²) in [6.07, 6.45) is 0. The first-order valence-corrected chi connectivity index (χ1v) is 4.79. The van der Waals surface area contributed by atoms with Gasteiger partial charge in [0.1, 0.15) is 5.52 Å². The second-order valence-electron chi connectivity index (χ2n) is 3.55. The quantitative estimate of drug-likeness (QED) is 0.632. The Bertz CT molecular complexity index is 637. The van der Waals surface area contributed by atoms with Crippen LogP contribution in [-0.4, -0.2) is 21.0 Å². The minimum Gasteiger partial charge on any atom is -0.478 e. The monoisotopic (exact) mass is 232 g/mol. The van der Waals surface area contributed by atoms with E-state index in [4.69, 9.17) is 5.11 Å². The van der Waals surface area contributed by atoms with Crippen LogP contribution in [0.25, 0.3) is 10.9 Å². The molecule has 0 aliphatic carbocycles. The molecule has 6 heteroatoms. The van der Waals surface area contributed by atoms with Gasteiger partial charge in [-0.1, -0.05) is 12.1 Å². The van der Waals surface area contributed by atoms with Gasteiger partial charge >= 0.3 is 5.97 Å². The smallest absolute Gasteiger partial charge is 0.336 e. The number of aromatic nitrogens is 1. The number of carboxylic acid groups (broad SMARTS) is 1. The Hall–Kier alpha value is -2.50. The van der Waals surface area contributed by atoms with Gasteiger partial charge < -0.3 is 5.11 Å². The highest BCUT2D eigenvalue weighted by molar-refractivity contribution is 6.04. The zero-order chi connectivity index (χ0) is 12.6. The molecule has 0 spiro atoms. The predicted molar refractivity (Wildman–Crippen MR) is 60.1 cm³/mol. The number of nitro groups is 1. The Labute approximate surface area is 95.7 Å². The van der Waals surface area contributed by atoms with Crippen LogP contribution in [0, 0.1) is 17.0 Å². The molecule has 0 aliphatic heterocycles. The van der Waals surface area contributed by atoms with Crippen LogP contribution in [0.4, 0.5) is 5.69 Å². The van der Waals surface area contributed by atoms with Gasteiger partial charge in [-0.25, -0.2) is 9.78 Å². The molecule has 0 bridgehead atoms. The topological polar surface area (TPSA) is 93.3 Å². The number of fused-ring (bicyclic) bond motifs is 1. The molecule has 1 heterocycles. The van der Waals surface area contributed by atoms with Crippen LogP contribution < -0.4 is 0 Å². The molecule has 0 amide bonds. The third-order valence-corrected chi connectivity index (χ3v) is 2.37. The number of aryl methyl sites for hydroxylation is 1. The maximum absolute atomic E-state index is 11.1. The van der Waals surface area contributed by atoms with E-state index >= 15 is 0 Å². The standard InChI is InChI=1S/C11H8N2O4/c1-6-5-8(11(14)15)7-3-2-4-9(13(16)17)10(7)12-6/h2-5H,1H3,(H,14,15). The third-order valence-electron chi connectivity index (χ3n) is 2.37. The molecule has 86 valence electrons. The molecule has 17 heavy (non-hydrogen) atoms. The lowest BCUT2D eigenvalue weighted by molar-refractivity contribution is -0.383. The van der Waals surface area contributed by atoms with E-state index in [0.29, 0.717) is 5.69 Å². The van der Waals surface area contributed by atoms with E-state index in [1.165, 1.54) is 24.3 Å². The zero-order valence-electron chi connectivity index (χ0n) is 8.88. The average molecular weight is 232 g/mol. The molecule has 0 aliphatic rings. The van der Waals surface area contributed by atoms with E-state index in [2.05, 4.69) is 4.98 Å². The van der Waals surface area contributed by atoms with Crippen LogP contribution in [0.3, 0.4) is 0 Å². The molecule has 0 radical (unpaired) electrons. The lowest BCUT2D eigenvalue weighted by Gasteiger charge is -2.04. The minimum atomic E-state index is -1.12. The lowest BCUT2D eigenvalue weighted by atomic mass is 10.1. The van der Waals surface area contributed by atoms with Gasteiger partial charge in [0.15, 0.2) is 0 Å². The largest absolute Gasteiger partial charge is 0.478 e. The van der Waals surface area contributed by atoms with Crippen LogP contribution in [0.15, 0.2) is 24.3 Å². The Morgan fingerprint density at radius 2 is 2.18 bits per heavy atom. The van der Waals surface area contributed by atoms with E-state index in [0.717, 1.165) is 0 Å². The Balaban J connectivity index is 2.92. The van der Waals surface area contributed by atoms with Gasteiger partial charge in [-0.2, -0.15) is 0 Å². The van der Waals surface area contributed by atoms with Crippen molar-refractivity contribution in [2.45, 2.75) is 6.92 Å². The van der Waals surface area contributed by atoms with Gasteiger partial charge in [0.2, 0.25) is 0 Å². The number of carbonyl (C=O) groups is 1. The van der Waals surface area contributed by atoms with Gasteiger partial charge in [-0.3, -0.25) is 10.1 Å². The SMILES string of the molecule is Cc1cc(C(=O)O)c2cccc([N+](=O)[O-])c2n1. The van der Waals surface area contributed by atoms with Crippen molar-refractivity contribution in [3.63, 3.8) is 0 Å². The van der Waals surface area contributed by atoms with E-state index in [1.807, 2.05) is 0 Å². The summed E-state index contributed by atoms with van der Waals surface area (Å²) in [6.45, 7) is 1.60. The highest BCUT2D eigenvalue weighted by atomic mass is 16.6.